The van der Waals surface area contributed by atoms with Crippen LogP contribution in [-0.4, -0.2) is 4.98 Å². The molecule has 0 radical (unpaired) electrons. The number of rotatable bonds is 3. The van der Waals surface area contributed by atoms with E-state index in [0.29, 0.717) is 5.71 Å². The number of nitrogens with zero attached hydrogens (tertiary/aromatic N) is 2. The van der Waals surface area contributed by atoms with Gasteiger partial charge in [-0.05, 0) is 89.0 Å². The van der Waals surface area contributed by atoms with Gasteiger partial charge in [0, 0.05) is 67.0 Å². The lowest BCUT2D eigenvalue weighted by Gasteiger charge is -2.26. The molecule has 48 heavy (non-hydrogen) atoms. The third-order valence-corrected chi connectivity index (χ3v) is 9.70. The van der Waals surface area contributed by atoms with E-state index >= 15 is 0 Å². The Balaban J connectivity index is 1.20. The molecule has 0 atom stereocenters. The lowest BCUT2D eigenvalue weighted by Crippen LogP contribution is -2.09. The molecule has 0 bridgehead atoms. The van der Waals surface area contributed by atoms with Crippen LogP contribution in [0.3, 0.4) is 0 Å². The number of hydrogen-bond donors (Lipinski definition) is 0. The maximum Gasteiger partial charge on any atom is 0.227 e. The molecule has 0 N–H and O–H groups in total. The van der Waals surface area contributed by atoms with Gasteiger partial charge in [0.05, 0.1) is 0 Å². The zero-order chi connectivity index (χ0) is 31.3. The Hall–Kier alpha value is -6.59. The monoisotopic (exact) mass is 616 g/mol. The summed E-state index contributed by atoms with van der Waals surface area (Å²) in [5, 5.41) is 10.9. The summed E-state index contributed by atoms with van der Waals surface area (Å²) in [6, 6.07) is 48.7. The second-order valence-corrected chi connectivity index (χ2v) is 12.4. The molecule has 0 saturated carbocycles. The van der Waals surface area contributed by atoms with Gasteiger partial charge >= 0.3 is 0 Å². The Bertz CT molecular complexity index is 3090. The molecule has 0 aliphatic heterocycles. The summed E-state index contributed by atoms with van der Waals surface area (Å²) < 4.78 is 19.0. The van der Waals surface area contributed by atoms with Crippen molar-refractivity contribution in [2.75, 3.05) is 4.90 Å². The van der Waals surface area contributed by atoms with Gasteiger partial charge < -0.3 is 18.2 Å². The van der Waals surface area contributed by atoms with E-state index in [-0.39, 0.29) is 0 Å². The molecule has 7 aromatic carbocycles. The Morgan fingerprint density at radius 3 is 1.85 bits per heavy atom. The Morgan fingerprint density at radius 1 is 0.396 bits per heavy atom. The number of hydrogen-bond acceptors (Lipinski definition) is 5. The van der Waals surface area contributed by atoms with Crippen LogP contribution in [0.2, 0.25) is 0 Å². The molecule has 11 aromatic rings. The van der Waals surface area contributed by atoms with E-state index in [2.05, 4.69) is 119 Å². The average molecular weight is 617 g/mol. The number of fused-ring (bicyclic) bond motifs is 13. The van der Waals surface area contributed by atoms with Gasteiger partial charge in [-0.2, -0.15) is 0 Å². The summed E-state index contributed by atoms with van der Waals surface area (Å²) in [5.41, 5.74) is 7.98. The number of pyridine rings is 1. The van der Waals surface area contributed by atoms with Gasteiger partial charge in [-0.1, -0.05) is 60.7 Å². The second kappa shape index (κ2) is 9.47. The largest absolute Gasteiger partial charge is 0.456 e. The highest BCUT2D eigenvalue weighted by atomic mass is 16.3. The van der Waals surface area contributed by atoms with E-state index in [1.54, 1.807) is 6.20 Å². The minimum Gasteiger partial charge on any atom is -0.456 e. The van der Waals surface area contributed by atoms with Gasteiger partial charge in [-0.15, -0.1) is 0 Å². The maximum atomic E-state index is 6.45. The summed E-state index contributed by atoms with van der Waals surface area (Å²) in [6.07, 6.45) is 1.78. The van der Waals surface area contributed by atoms with E-state index in [4.69, 9.17) is 13.3 Å². The molecule has 4 heterocycles. The van der Waals surface area contributed by atoms with Crippen molar-refractivity contribution in [1.29, 1.82) is 0 Å². The van der Waals surface area contributed by atoms with Crippen molar-refractivity contribution in [1.82, 2.24) is 4.98 Å². The van der Waals surface area contributed by atoms with Gasteiger partial charge in [0.1, 0.15) is 27.9 Å². The summed E-state index contributed by atoms with van der Waals surface area (Å²) in [5.74, 6) is 0. The van der Waals surface area contributed by atoms with E-state index in [1.807, 2.05) is 30.3 Å². The fourth-order valence-corrected chi connectivity index (χ4v) is 7.49. The fourth-order valence-electron chi connectivity index (χ4n) is 7.49. The number of aromatic nitrogens is 1. The van der Waals surface area contributed by atoms with Crippen LogP contribution < -0.4 is 4.90 Å². The lowest BCUT2D eigenvalue weighted by atomic mass is 9.98. The standard InChI is InChI=1S/C43H24N2O3/c1-3-9-37-30(6-1)32-19-16-29(24-40(32)47-37)45(28-17-20-39-36(23-28)31-7-2-4-10-38(31)46-39)27-15-13-25-11-12-26-14-18-33-34-8-5-21-44-43(34)48-42(33)41(26)35(25)22-27/h1-24H. The first-order valence-electron chi connectivity index (χ1n) is 16.0. The van der Waals surface area contributed by atoms with Crippen LogP contribution in [0.25, 0.3) is 87.5 Å². The second-order valence-electron chi connectivity index (χ2n) is 12.4. The van der Waals surface area contributed by atoms with Gasteiger partial charge in [-0.3, -0.25) is 0 Å². The SMILES string of the molecule is c1ccc2c(c1)oc1cc(N(c3ccc4oc5ccccc5c4c3)c3ccc4ccc5ccc6c7cccnc7oc6c5c4c3)ccc12. The highest BCUT2D eigenvalue weighted by Crippen LogP contribution is 2.43. The molecule has 224 valence electrons. The summed E-state index contributed by atoms with van der Waals surface area (Å²) in [4.78, 5) is 6.82. The predicted molar refractivity (Wildman–Crippen MR) is 196 cm³/mol. The molecule has 4 aromatic heterocycles. The van der Waals surface area contributed by atoms with Crippen molar-refractivity contribution in [2.45, 2.75) is 0 Å². The molecule has 0 aliphatic carbocycles. The van der Waals surface area contributed by atoms with E-state index in [0.717, 1.165) is 98.8 Å². The summed E-state index contributed by atoms with van der Waals surface area (Å²) in [6.45, 7) is 0. The predicted octanol–water partition coefficient (Wildman–Crippen LogP) is 12.6. The smallest absolute Gasteiger partial charge is 0.227 e. The van der Waals surface area contributed by atoms with Crippen LogP contribution in [0.5, 0.6) is 0 Å². The van der Waals surface area contributed by atoms with Crippen molar-refractivity contribution < 1.29 is 13.3 Å². The zero-order valence-electron chi connectivity index (χ0n) is 25.5. The van der Waals surface area contributed by atoms with Crippen molar-refractivity contribution in [3.05, 3.63) is 146 Å². The van der Waals surface area contributed by atoms with Crippen molar-refractivity contribution in [3.63, 3.8) is 0 Å². The minimum absolute atomic E-state index is 0.648. The van der Waals surface area contributed by atoms with Crippen LogP contribution >= 0.6 is 0 Å². The molecule has 0 aliphatic rings. The van der Waals surface area contributed by atoms with Gasteiger partial charge in [0.15, 0.2) is 0 Å². The van der Waals surface area contributed by atoms with Gasteiger partial charge in [0.2, 0.25) is 5.71 Å². The van der Waals surface area contributed by atoms with Gasteiger partial charge in [-0.25, -0.2) is 4.98 Å². The van der Waals surface area contributed by atoms with Crippen LogP contribution in [0.4, 0.5) is 17.1 Å². The molecular weight excluding hydrogens is 592 g/mol. The number of para-hydroxylation sites is 2. The molecule has 0 fully saturated rings. The Morgan fingerprint density at radius 2 is 0.979 bits per heavy atom. The van der Waals surface area contributed by atoms with Crippen LogP contribution in [0.15, 0.2) is 159 Å². The van der Waals surface area contributed by atoms with Crippen molar-refractivity contribution in [3.8, 4) is 0 Å². The number of anilines is 3. The minimum atomic E-state index is 0.648. The van der Waals surface area contributed by atoms with Crippen molar-refractivity contribution in [2.24, 2.45) is 0 Å². The molecule has 0 saturated heterocycles. The first kappa shape index (κ1) is 25.6. The molecule has 0 amide bonds. The normalized spacial score (nSPS) is 12.2. The maximum absolute atomic E-state index is 6.45. The van der Waals surface area contributed by atoms with E-state index in [1.165, 1.54) is 0 Å². The third-order valence-electron chi connectivity index (χ3n) is 9.70. The van der Waals surface area contributed by atoms with Gasteiger partial charge in [0.25, 0.3) is 0 Å². The van der Waals surface area contributed by atoms with Crippen molar-refractivity contribution >= 4 is 105 Å². The van der Waals surface area contributed by atoms with E-state index < -0.39 is 0 Å². The zero-order valence-corrected chi connectivity index (χ0v) is 25.5. The molecule has 0 spiro atoms. The topological polar surface area (TPSA) is 55.6 Å². The summed E-state index contributed by atoms with van der Waals surface area (Å²) in [7, 11) is 0. The molecule has 11 rings (SSSR count). The highest BCUT2D eigenvalue weighted by Gasteiger charge is 2.19. The molecule has 5 heteroatoms. The highest BCUT2D eigenvalue weighted by molar-refractivity contribution is 6.23. The fraction of sp³-hybridized carbons (Fsp3) is 0. The number of benzene rings is 7. The lowest BCUT2D eigenvalue weighted by molar-refractivity contribution is 0.658. The van der Waals surface area contributed by atoms with Crippen LogP contribution in [-0.2, 0) is 0 Å². The van der Waals surface area contributed by atoms with E-state index in [9.17, 15) is 0 Å². The summed E-state index contributed by atoms with van der Waals surface area (Å²) >= 11 is 0. The average Bonchev–Trinajstić information content (AvgIpc) is 3.82. The molecule has 0 unspecified atom stereocenters. The third kappa shape index (κ3) is 3.58. The Labute approximate surface area is 272 Å². The number of furan rings is 3. The molecule has 5 nitrogen and oxygen atoms in total. The first-order chi connectivity index (χ1) is 23.8. The van der Waals surface area contributed by atoms with Crippen LogP contribution in [0, 0.1) is 0 Å². The quantitative estimate of drug-likeness (QED) is 0.185. The van der Waals surface area contributed by atoms with Crippen LogP contribution in [0.1, 0.15) is 0 Å². The molecular formula is C43H24N2O3. The first-order valence-corrected chi connectivity index (χ1v) is 16.0. The Kier molecular flexibility index (Phi) is 5.05.